The molecule has 61 heteroatoms. The molecule has 0 aromatic heterocycles. The Hall–Kier alpha value is -4.69. The van der Waals surface area contributed by atoms with Gasteiger partial charge in [0.15, 0.2) is 62.9 Å². The van der Waals surface area contributed by atoms with Crippen molar-refractivity contribution in [3.05, 3.63) is 0 Å². The van der Waals surface area contributed by atoms with Crippen molar-refractivity contribution in [2.75, 3.05) is 59.5 Å². The Kier molecular flexibility index (Phi) is 40.1. The predicted molar refractivity (Wildman–Crippen MR) is 423 cm³/mol. The fourth-order valence-corrected chi connectivity index (χ4v) is 18.1. The number of rotatable bonds is 36. The molecule has 61 nitrogen and oxygen atoms in total. The highest BCUT2D eigenvalue weighted by molar-refractivity contribution is 5.77. The second kappa shape index (κ2) is 48.8. The lowest BCUT2D eigenvalue weighted by molar-refractivity contribution is -0.401. The molecule has 35 N–H and O–H groups in total. The molecule has 0 aromatic carbocycles. The summed E-state index contributed by atoms with van der Waals surface area (Å²) in [7, 11) is 0. The van der Waals surface area contributed by atoms with Crippen LogP contribution in [0.1, 0.15) is 48.0 Å². The zero-order chi connectivity index (χ0) is 102. The second-order valence-electron chi connectivity index (χ2n) is 35.1. The van der Waals surface area contributed by atoms with Gasteiger partial charge in [0.05, 0.1) is 83.8 Å². The fourth-order valence-electron chi connectivity index (χ4n) is 18.1. The Bertz CT molecular complexity index is 3860. The maximum atomic E-state index is 13.6. The number of aliphatic hydroxyl groups is 30. The molecule has 0 aromatic rings. The van der Waals surface area contributed by atoms with Gasteiger partial charge in [-0.15, -0.1) is 0 Å². The smallest absolute Gasteiger partial charge is 0.364 e. The van der Waals surface area contributed by atoms with Crippen LogP contribution in [-0.2, 0) is 123 Å². The molecule has 0 spiro atoms. The molecular weight excluding hydrogens is 1890 g/mol. The van der Waals surface area contributed by atoms with E-state index in [1.54, 1.807) is 0 Å². The van der Waals surface area contributed by atoms with Gasteiger partial charge in [-0.05, 0) is 13.8 Å². The minimum atomic E-state index is -3.36. The Morgan fingerprint density at radius 2 is 0.580 bits per heavy atom. The lowest BCUT2D eigenvalue weighted by atomic mass is 9.88. The molecule has 0 bridgehead atoms. The molecule has 0 unspecified atom stereocenters. The molecule has 11 aliphatic rings. The Labute approximate surface area is 780 Å². The maximum absolute atomic E-state index is 13.6. The second-order valence-corrected chi connectivity index (χ2v) is 35.1. The summed E-state index contributed by atoms with van der Waals surface area (Å²) < 4.78 is 126. The summed E-state index contributed by atoms with van der Waals surface area (Å²) >= 11 is 0. The van der Waals surface area contributed by atoms with Crippen molar-refractivity contribution in [3.8, 4) is 0 Å². The summed E-state index contributed by atoms with van der Waals surface area (Å²) in [6.07, 6.45) is -112. The van der Waals surface area contributed by atoms with Gasteiger partial charge in [-0.1, -0.05) is 0 Å². The van der Waals surface area contributed by atoms with Crippen LogP contribution in [0.4, 0.5) is 0 Å². The zero-order valence-electron chi connectivity index (χ0n) is 74.3. The van der Waals surface area contributed by atoms with Crippen molar-refractivity contribution >= 4 is 29.6 Å². The minimum absolute atomic E-state index is 0.865. The predicted octanol–water partition coefficient (Wildman–Crippen LogP) is -23.1. The molecule has 138 heavy (non-hydrogen) atoms. The average molecular weight is 2020 g/mol. The Morgan fingerprint density at radius 3 is 0.928 bits per heavy atom. The molecule has 11 heterocycles. The van der Waals surface area contributed by atoms with E-state index in [4.69, 9.17) is 99.5 Å². The number of hydrogen-bond acceptors (Lipinski definition) is 56. The molecule has 4 amide bonds. The van der Waals surface area contributed by atoms with Crippen LogP contribution in [0.25, 0.3) is 0 Å². The molecule has 0 aliphatic carbocycles. The summed E-state index contributed by atoms with van der Waals surface area (Å²) in [6, 6.07) is -8.08. The topological polar surface area (TPSA) is 954 Å². The monoisotopic (exact) mass is 2020 g/mol. The van der Waals surface area contributed by atoms with Gasteiger partial charge in [0.25, 0.3) is 5.79 Å². The van der Waals surface area contributed by atoms with Crippen molar-refractivity contribution in [1.82, 2.24) is 21.3 Å². The first-order valence-electron chi connectivity index (χ1n) is 44.0. The van der Waals surface area contributed by atoms with Crippen LogP contribution < -0.4 is 21.3 Å². The van der Waals surface area contributed by atoms with Crippen molar-refractivity contribution in [3.63, 3.8) is 0 Å². The quantitative estimate of drug-likeness (QED) is 0.0277. The molecular formula is C77H128N4O57. The van der Waals surface area contributed by atoms with E-state index in [9.17, 15) is 182 Å². The van der Waals surface area contributed by atoms with Gasteiger partial charge < -0.3 is 279 Å². The minimum Gasteiger partial charge on any atom is -0.477 e. The first kappa shape index (κ1) is 114. The first-order chi connectivity index (χ1) is 65.1. The largest absolute Gasteiger partial charge is 0.477 e. The average Bonchev–Trinajstić information content (AvgIpc) is 0.745. The summed E-state index contributed by atoms with van der Waals surface area (Å²) in [5.41, 5.74) is 0. The van der Waals surface area contributed by atoms with Crippen molar-refractivity contribution in [2.45, 2.75) is 391 Å². The number of hydrogen-bond donors (Lipinski definition) is 35. The summed E-state index contributed by atoms with van der Waals surface area (Å²) in [5.74, 6) is -9.60. The number of carbonyl (C=O) groups is 5. The van der Waals surface area contributed by atoms with Crippen LogP contribution in [0.15, 0.2) is 0 Å². The standard InChI is InChI=1S/C77H128N4O57/c1-17-37(97)45(105)49(109)70(118-17)132-60-35(80-21(5)93)68(136-64-42(102)26(10-84)122-73(52(64)112)129-56-29(13-87)120-66(115)48(108)47(56)107)126-31(15-89)57(60)130-74-53(113)62(40(100)27(11-85)123-74)134-67-34(79-20(4)92)44(104)55(30(14-88)125-67)128-72-51(111)63(41(101)25(9-83)121-72)135-69-36(81-22(6)94)61(133-71-50(110)46(106)38(98)18(2)119-71)58(32(16-90)127-69)131-75-54(114)65(43(103)28(12-86)124-75)138-77(76(116)117)7-23(95)33(78-19(3)91)59(137-77)39(99)24(96)8-82/h17-18,23-75,82-90,95-115H,7-16H2,1-6H3,(H,78,91)(H,79,92)(H,80,93)(H,81,94)(H,116,117)/t17-,18-,23-,24+,25+,26+,27+,28+,29+,30+,31+,32+,33+,34+,35+,36+,37+,38+,39+,40-,41-,42-,43-,44+,45+,46+,47+,48+,49-,50-,51+,52+,53+,54+,55+,56+,57+,58+,59+,60+,61+,62-,63-,64-,65-,66+,67-,68-,69-,70-,71-,72-,73-,74-,75-,77-/m0/s1. The number of carbonyl (C=O) groups excluding carboxylic acids is 4. The molecule has 11 saturated heterocycles. The fraction of sp³-hybridized carbons (Fsp3) is 0.935. The molecule has 0 saturated carbocycles. The Balaban J connectivity index is 0.862. The highest BCUT2D eigenvalue weighted by atomic mass is 16.8. The van der Waals surface area contributed by atoms with Gasteiger partial charge in [-0.2, -0.15) is 0 Å². The molecule has 0 radical (unpaired) electrons. The van der Waals surface area contributed by atoms with Crippen LogP contribution in [0.3, 0.4) is 0 Å². The molecule has 11 fully saturated rings. The van der Waals surface area contributed by atoms with Gasteiger partial charge in [0.2, 0.25) is 23.6 Å². The van der Waals surface area contributed by atoms with Gasteiger partial charge in [0, 0.05) is 34.1 Å². The number of nitrogens with one attached hydrogen (secondary N) is 4. The van der Waals surface area contributed by atoms with E-state index < -0.39 is 439 Å². The van der Waals surface area contributed by atoms with E-state index in [1.807, 2.05) is 0 Å². The van der Waals surface area contributed by atoms with Crippen LogP contribution in [0.5, 0.6) is 0 Å². The molecule has 56 atom stereocenters. The number of carboxylic acids is 1. The van der Waals surface area contributed by atoms with Crippen LogP contribution in [-0.4, -0.2) is 590 Å². The van der Waals surface area contributed by atoms with E-state index in [0.717, 1.165) is 27.7 Å². The highest BCUT2D eigenvalue weighted by Crippen LogP contribution is 2.44. The van der Waals surface area contributed by atoms with E-state index in [-0.39, 0.29) is 0 Å². The Morgan fingerprint density at radius 1 is 0.297 bits per heavy atom. The van der Waals surface area contributed by atoms with E-state index in [2.05, 4.69) is 21.3 Å². The summed E-state index contributed by atoms with van der Waals surface area (Å²) in [5, 5.41) is 357. The van der Waals surface area contributed by atoms with Crippen molar-refractivity contribution in [1.29, 1.82) is 0 Å². The number of aliphatic carboxylic acids is 1. The van der Waals surface area contributed by atoms with E-state index in [0.29, 0.717) is 0 Å². The SMILES string of the molecule is CC(=O)N[C@H]1[C@H](O[C@H]2[C@@H](O)[C@@H](CO)O[C@@H](O[C@H]3[C@H](O[C@@H]4O[C@@H](C)[C@@H](O)[C@@H](O)[C@@H]4O)[C@@H](NC(C)=O)[C@H](O[C@H]4[C@@H](O)[C@@H](CO)O[C@@H](O[C@H]5[C@H](O)[C@@H](O)[C@H](O)O[C@@H]5CO)[C@@H]4O)O[C@@H]3CO)[C@@H]2O)O[C@H](CO)[C@@H](O[C@@H]2O[C@H](CO)[C@H](O)[C@H](O[C@@H]3O[C@H](CO)[C@@H](O[C@@H]4O[C@H](CO)[C@H](O)[C@H](O[C@]5(C(=O)O)C[C@H](O)[C@@H](NC(C)=O)[C@H]([C@H](O)[C@H](O)CO)O5)[C@H]4O)[C@H](O[C@@H]4O[C@@H](C)[C@@H](O)[C@@H](O)[C@@H]4O)[C@H]3NC(C)=O)[C@H]2O)[C@@H]1O. The maximum Gasteiger partial charge on any atom is 0.364 e. The lowest BCUT2D eigenvalue weighted by Crippen LogP contribution is -2.72. The normalized spacial score (nSPS) is 49.1. The third kappa shape index (κ3) is 24.4. The summed E-state index contributed by atoms with van der Waals surface area (Å²) in [4.78, 5) is 66.2. The van der Waals surface area contributed by atoms with Gasteiger partial charge >= 0.3 is 5.97 Å². The van der Waals surface area contributed by atoms with Gasteiger partial charge in [-0.3, -0.25) is 19.2 Å². The van der Waals surface area contributed by atoms with Crippen molar-refractivity contribution in [2.24, 2.45) is 0 Å². The van der Waals surface area contributed by atoms with Crippen molar-refractivity contribution < 1.29 is 282 Å². The van der Waals surface area contributed by atoms with Crippen LogP contribution >= 0.6 is 0 Å². The molecule has 11 aliphatic heterocycles. The zero-order valence-corrected chi connectivity index (χ0v) is 74.3. The number of aliphatic hydroxyl groups excluding tert-OH is 30. The number of carboxylic acid groups (broad SMARTS) is 1. The van der Waals surface area contributed by atoms with Crippen LogP contribution in [0.2, 0.25) is 0 Å². The number of ether oxygens (including phenoxy) is 21. The van der Waals surface area contributed by atoms with Crippen LogP contribution in [0, 0.1) is 0 Å². The van der Waals surface area contributed by atoms with Gasteiger partial charge in [-0.25, -0.2) is 4.79 Å². The third-order valence-electron chi connectivity index (χ3n) is 25.5. The van der Waals surface area contributed by atoms with E-state index in [1.165, 1.54) is 13.8 Å². The summed E-state index contributed by atoms with van der Waals surface area (Å²) in [6.45, 7) is -5.05. The number of amides is 4. The molecule has 798 valence electrons. The van der Waals surface area contributed by atoms with Gasteiger partial charge in [0.1, 0.15) is 250 Å². The first-order valence-corrected chi connectivity index (χ1v) is 44.0. The third-order valence-corrected chi connectivity index (χ3v) is 25.5. The lowest BCUT2D eigenvalue weighted by Gasteiger charge is -2.52. The highest BCUT2D eigenvalue weighted by Gasteiger charge is 2.66. The van der Waals surface area contributed by atoms with E-state index >= 15 is 0 Å². The molecule has 11 rings (SSSR count).